The minimum absolute atomic E-state index is 0. The molecule has 2 aromatic rings. The summed E-state index contributed by atoms with van der Waals surface area (Å²) < 4.78 is 10.6. The number of nitrogens with one attached hydrogen (secondary N) is 1. The number of aromatic nitrogens is 1. The lowest BCUT2D eigenvalue weighted by Crippen LogP contribution is -2.30. The quantitative estimate of drug-likeness (QED) is 0.859. The first-order valence-electron chi connectivity index (χ1n) is 7.01. The number of amides is 1. The second kappa shape index (κ2) is 7.63. The number of carbonyl (C=O) groups is 1. The molecule has 2 heterocycles. The van der Waals surface area contributed by atoms with Gasteiger partial charge in [-0.2, -0.15) is 0 Å². The van der Waals surface area contributed by atoms with E-state index in [0.717, 1.165) is 16.3 Å². The van der Waals surface area contributed by atoms with Gasteiger partial charge in [-0.25, -0.2) is 4.98 Å². The first-order valence-corrected chi connectivity index (χ1v) is 7.83. The van der Waals surface area contributed by atoms with Gasteiger partial charge in [0, 0.05) is 12.1 Å². The largest absolute Gasteiger partial charge is 0.454 e. The van der Waals surface area contributed by atoms with Crippen LogP contribution in [-0.4, -0.2) is 30.8 Å². The zero-order valence-electron chi connectivity index (χ0n) is 12.6. The number of ether oxygens (including phenoxy) is 2. The summed E-state index contributed by atoms with van der Waals surface area (Å²) in [6.07, 6.45) is 1.59. The second-order valence-electron chi connectivity index (χ2n) is 5.15. The van der Waals surface area contributed by atoms with Crippen LogP contribution in [0.15, 0.2) is 24.4 Å². The van der Waals surface area contributed by atoms with Crippen LogP contribution in [0.1, 0.15) is 16.6 Å². The Labute approximate surface area is 144 Å². The lowest BCUT2D eigenvalue weighted by molar-refractivity contribution is 0.0952. The van der Waals surface area contributed by atoms with Gasteiger partial charge >= 0.3 is 0 Å². The van der Waals surface area contributed by atoms with Gasteiger partial charge in [-0.3, -0.25) is 4.79 Å². The third kappa shape index (κ3) is 3.93. The molecule has 1 unspecified atom stereocenters. The first-order chi connectivity index (χ1) is 10.7. The van der Waals surface area contributed by atoms with Gasteiger partial charge in [0.05, 0.1) is 6.20 Å². The molecule has 1 amide bonds. The molecule has 0 aliphatic carbocycles. The van der Waals surface area contributed by atoms with E-state index < -0.39 is 0 Å². The molecule has 1 aromatic heterocycles. The number of carbonyl (C=O) groups excluding carboxylic acids is 1. The van der Waals surface area contributed by atoms with Gasteiger partial charge in [-0.05, 0) is 30.7 Å². The third-order valence-corrected chi connectivity index (χ3v) is 4.41. The molecule has 3 rings (SSSR count). The van der Waals surface area contributed by atoms with Crippen LogP contribution in [-0.2, 0) is 0 Å². The molecule has 0 saturated heterocycles. The highest BCUT2D eigenvalue weighted by Crippen LogP contribution is 2.36. The predicted octanol–water partition coefficient (Wildman–Crippen LogP) is 2.29. The fourth-order valence-corrected chi connectivity index (χ4v) is 2.81. The SMILES string of the molecule is CC(CN)CNC(=O)c1cnc(-c2ccc3c(c2)OCO3)s1.Cl. The Kier molecular flexibility index (Phi) is 5.81. The van der Waals surface area contributed by atoms with Crippen molar-refractivity contribution in [3.05, 3.63) is 29.3 Å². The summed E-state index contributed by atoms with van der Waals surface area (Å²) in [5.41, 5.74) is 6.44. The number of hydrogen-bond acceptors (Lipinski definition) is 6. The number of benzene rings is 1. The van der Waals surface area contributed by atoms with Crippen molar-refractivity contribution < 1.29 is 14.3 Å². The van der Waals surface area contributed by atoms with Crippen LogP contribution in [0.2, 0.25) is 0 Å². The van der Waals surface area contributed by atoms with Gasteiger partial charge in [0.15, 0.2) is 11.5 Å². The van der Waals surface area contributed by atoms with Crippen molar-refractivity contribution >= 4 is 29.7 Å². The maximum Gasteiger partial charge on any atom is 0.263 e. The molecule has 8 heteroatoms. The van der Waals surface area contributed by atoms with Crippen LogP contribution < -0.4 is 20.5 Å². The van der Waals surface area contributed by atoms with Gasteiger partial charge in [0.1, 0.15) is 9.88 Å². The highest BCUT2D eigenvalue weighted by atomic mass is 35.5. The Bertz CT molecular complexity index is 692. The minimum Gasteiger partial charge on any atom is -0.454 e. The number of halogens is 1. The average molecular weight is 356 g/mol. The summed E-state index contributed by atoms with van der Waals surface area (Å²) in [6, 6.07) is 5.63. The summed E-state index contributed by atoms with van der Waals surface area (Å²) in [6.45, 7) is 3.34. The highest BCUT2D eigenvalue weighted by Gasteiger charge is 2.17. The Morgan fingerprint density at radius 2 is 2.22 bits per heavy atom. The Morgan fingerprint density at radius 3 is 3.00 bits per heavy atom. The van der Waals surface area contributed by atoms with Crippen molar-refractivity contribution in [1.29, 1.82) is 0 Å². The van der Waals surface area contributed by atoms with E-state index in [2.05, 4.69) is 10.3 Å². The maximum absolute atomic E-state index is 12.1. The summed E-state index contributed by atoms with van der Waals surface area (Å²) in [5, 5.41) is 3.64. The van der Waals surface area contributed by atoms with E-state index in [1.165, 1.54) is 11.3 Å². The van der Waals surface area contributed by atoms with E-state index in [-0.39, 0.29) is 31.0 Å². The van der Waals surface area contributed by atoms with Crippen molar-refractivity contribution in [2.24, 2.45) is 11.7 Å². The van der Waals surface area contributed by atoms with Crippen molar-refractivity contribution in [2.45, 2.75) is 6.92 Å². The first kappa shape index (κ1) is 17.5. The number of nitrogens with zero attached hydrogens (tertiary/aromatic N) is 1. The average Bonchev–Trinajstić information content (AvgIpc) is 3.20. The van der Waals surface area contributed by atoms with Crippen LogP contribution in [0.4, 0.5) is 0 Å². The van der Waals surface area contributed by atoms with Crippen molar-refractivity contribution in [3.63, 3.8) is 0 Å². The molecule has 0 bridgehead atoms. The molecule has 1 aliphatic rings. The standard InChI is InChI=1S/C15H17N3O3S.ClH/c1-9(5-16)6-17-14(19)13-7-18-15(22-13)10-2-3-11-12(4-10)21-8-20-11;/h2-4,7,9H,5-6,8,16H2,1H3,(H,17,19);1H. The van der Waals surface area contributed by atoms with E-state index in [0.29, 0.717) is 23.7 Å². The molecule has 0 radical (unpaired) electrons. The molecule has 3 N–H and O–H groups in total. The van der Waals surface area contributed by atoms with Crippen molar-refractivity contribution in [1.82, 2.24) is 10.3 Å². The van der Waals surface area contributed by atoms with Crippen LogP contribution in [0, 0.1) is 5.92 Å². The van der Waals surface area contributed by atoms with E-state index in [1.54, 1.807) is 6.20 Å². The Balaban J connectivity index is 0.00000192. The molecule has 0 spiro atoms. The molecule has 23 heavy (non-hydrogen) atoms. The molecule has 6 nitrogen and oxygen atoms in total. The van der Waals surface area contributed by atoms with Crippen LogP contribution in [0.25, 0.3) is 10.6 Å². The molecule has 1 aliphatic heterocycles. The molecule has 0 saturated carbocycles. The summed E-state index contributed by atoms with van der Waals surface area (Å²) in [5.74, 6) is 1.57. The lowest BCUT2D eigenvalue weighted by atomic mass is 10.2. The number of thiazole rings is 1. The summed E-state index contributed by atoms with van der Waals surface area (Å²) >= 11 is 1.35. The van der Waals surface area contributed by atoms with Gasteiger partial charge < -0.3 is 20.5 Å². The minimum atomic E-state index is -0.121. The number of nitrogens with two attached hydrogens (primary N) is 1. The maximum atomic E-state index is 12.1. The number of rotatable bonds is 5. The molecular formula is C15H18ClN3O3S. The molecule has 0 fully saturated rings. The smallest absolute Gasteiger partial charge is 0.263 e. The zero-order chi connectivity index (χ0) is 15.5. The second-order valence-corrected chi connectivity index (χ2v) is 6.18. The predicted molar refractivity (Wildman–Crippen MR) is 91.5 cm³/mol. The molecule has 124 valence electrons. The third-order valence-electron chi connectivity index (χ3n) is 3.36. The van der Waals surface area contributed by atoms with Gasteiger partial charge in [-0.15, -0.1) is 23.7 Å². The fraction of sp³-hybridized carbons (Fsp3) is 0.333. The molecule has 1 aromatic carbocycles. The van der Waals surface area contributed by atoms with Crippen LogP contribution in [0.5, 0.6) is 11.5 Å². The van der Waals surface area contributed by atoms with Crippen molar-refractivity contribution in [3.8, 4) is 22.1 Å². The summed E-state index contributed by atoms with van der Waals surface area (Å²) in [7, 11) is 0. The normalized spacial score (nSPS) is 13.3. The molecule has 1 atom stereocenters. The van der Waals surface area contributed by atoms with Crippen molar-refractivity contribution in [2.75, 3.05) is 19.9 Å². The number of hydrogen-bond donors (Lipinski definition) is 2. The van der Waals surface area contributed by atoms with Crippen LogP contribution in [0.3, 0.4) is 0 Å². The Morgan fingerprint density at radius 1 is 1.43 bits per heavy atom. The molecular weight excluding hydrogens is 338 g/mol. The van der Waals surface area contributed by atoms with E-state index in [9.17, 15) is 4.79 Å². The number of fused-ring (bicyclic) bond motifs is 1. The van der Waals surface area contributed by atoms with E-state index in [1.807, 2.05) is 25.1 Å². The monoisotopic (exact) mass is 355 g/mol. The van der Waals surface area contributed by atoms with E-state index >= 15 is 0 Å². The zero-order valence-corrected chi connectivity index (χ0v) is 14.2. The highest BCUT2D eigenvalue weighted by molar-refractivity contribution is 7.16. The Hall–Kier alpha value is -1.83. The van der Waals surface area contributed by atoms with E-state index in [4.69, 9.17) is 15.2 Å². The lowest BCUT2D eigenvalue weighted by Gasteiger charge is -2.08. The summed E-state index contributed by atoms with van der Waals surface area (Å²) in [4.78, 5) is 17.0. The van der Waals surface area contributed by atoms with Gasteiger partial charge in [-0.1, -0.05) is 6.92 Å². The van der Waals surface area contributed by atoms with Gasteiger partial charge in [0.2, 0.25) is 6.79 Å². The van der Waals surface area contributed by atoms with Crippen LogP contribution >= 0.6 is 23.7 Å². The fourth-order valence-electron chi connectivity index (χ4n) is 1.98. The topological polar surface area (TPSA) is 86.5 Å². The van der Waals surface area contributed by atoms with Gasteiger partial charge in [0.25, 0.3) is 5.91 Å².